The third kappa shape index (κ3) is 2.00. The first-order valence-electron chi connectivity index (χ1n) is 6.58. The minimum atomic E-state index is -3.38. The first-order chi connectivity index (χ1) is 10.6. The van der Waals surface area contributed by atoms with Gasteiger partial charge in [-0.15, -0.1) is 5.10 Å². The Labute approximate surface area is 135 Å². The summed E-state index contributed by atoms with van der Waals surface area (Å²) in [6.45, 7) is 0. The molecule has 0 atom stereocenters. The summed E-state index contributed by atoms with van der Waals surface area (Å²) in [6, 6.07) is 14.7. The molecule has 3 aromatic rings. The zero-order valence-electron chi connectivity index (χ0n) is 11.3. The van der Waals surface area contributed by atoms with Gasteiger partial charge in [0.1, 0.15) is 11.6 Å². The van der Waals surface area contributed by atoms with Gasteiger partial charge in [-0.2, -0.15) is 0 Å². The number of hydrogen-bond acceptors (Lipinski definition) is 4. The van der Waals surface area contributed by atoms with Gasteiger partial charge in [-0.05, 0) is 18.2 Å². The molecule has 4 rings (SSSR count). The summed E-state index contributed by atoms with van der Waals surface area (Å²) in [4.78, 5) is 0.336. The van der Waals surface area contributed by atoms with Crippen LogP contribution in [0, 0.1) is 0 Å². The average Bonchev–Trinajstić information content (AvgIpc) is 2.91. The van der Waals surface area contributed by atoms with Crippen molar-refractivity contribution in [2.45, 2.75) is 10.8 Å². The Bertz CT molecular complexity index is 978. The molecule has 0 amide bonds. The Balaban J connectivity index is 2.00. The number of hydrogen-bond donors (Lipinski definition) is 0. The van der Waals surface area contributed by atoms with Gasteiger partial charge >= 0.3 is 0 Å². The van der Waals surface area contributed by atoms with E-state index in [0.717, 1.165) is 15.7 Å². The van der Waals surface area contributed by atoms with E-state index in [2.05, 4.69) is 26.2 Å². The van der Waals surface area contributed by atoms with Gasteiger partial charge in [-0.3, -0.25) is 0 Å². The average molecular weight is 376 g/mol. The van der Waals surface area contributed by atoms with Crippen molar-refractivity contribution in [2.75, 3.05) is 0 Å². The number of sulfone groups is 1. The molecule has 5 nitrogen and oxygen atoms in total. The van der Waals surface area contributed by atoms with Crippen LogP contribution < -0.4 is 0 Å². The highest BCUT2D eigenvalue weighted by molar-refractivity contribution is 9.10. The van der Waals surface area contributed by atoms with Crippen LogP contribution in [0.4, 0.5) is 0 Å². The molecule has 0 spiro atoms. The van der Waals surface area contributed by atoms with E-state index < -0.39 is 9.84 Å². The minimum absolute atomic E-state index is 0.178. The summed E-state index contributed by atoms with van der Waals surface area (Å²) in [5.74, 6) is -0.178. The molecule has 1 aliphatic rings. The number of benzene rings is 2. The van der Waals surface area contributed by atoms with Gasteiger partial charge in [0.15, 0.2) is 9.84 Å². The van der Waals surface area contributed by atoms with Gasteiger partial charge in [-0.1, -0.05) is 51.5 Å². The van der Waals surface area contributed by atoms with Gasteiger partial charge in [0.05, 0.1) is 10.6 Å². The molecule has 0 bridgehead atoms. The zero-order chi connectivity index (χ0) is 15.3. The fraction of sp³-hybridized carbons (Fsp3) is 0.0667. The second-order valence-corrected chi connectivity index (χ2v) is 7.88. The largest absolute Gasteiger partial charge is 0.228 e. The number of aromatic nitrogens is 3. The van der Waals surface area contributed by atoms with Crippen molar-refractivity contribution in [1.82, 2.24) is 15.0 Å². The molecule has 0 saturated carbocycles. The number of halogens is 1. The molecule has 7 heteroatoms. The number of rotatable bonds is 1. The van der Waals surface area contributed by atoms with Crippen molar-refractivity contribution in [3.63, 3.8) is 0 Å². The predicted molar refractivity (Wildman–Crippen MR) is 85.8 cm³/mol. The molecular formula is C15H10BrN3O2S. The first-order valence-corrected chi connectivity index (χ1v) is 9.02. The van der Waals surface area contributed by atoms with Crippen LogP contribution in [0.1, 0.15) is 0 Å². The number of fused-ring (bicyclic) bond motifs is 3. The molecule has 0 saturated heterocycles. The lowest BCUT2D eigenvalue weighted by molar-refractivity contribution is 0.568. The van der Waals surface area contributed by atoms with Gasteiger partial charge in [-0.25, -0.2) is 13.1 Å². The van der Waals surface area contributed by atoms with Crippen LogP contribution in [0.2, 0.25) is 0 Å². The third-order valence-electron chi connectivity index (χ3n) is 3.62. The van der Waals surface area contributed by atoms with E-state index in [4.69, 9.17) is 0 Å². The zero-order valence-corrected chi connectivity index (χ0v) is 13.7. The second kappa shape index (κ2) is 4.76. The second-order valence-electron chi connectivity index (χ2n) is 5.03. The first kappa shape index (κ1) is 13.7. The summed E-state index contributed by atoms with van der Waals surface area (Å²) >= 11 is 3.40. The molecule has 0 fully saturated rings. The maximum atomic E-state index is 12.3. The SMILES string of the molecule is O=S1(=O)Cn2nnc(-c3ccc(Br)cc3)c2-c2ccccc21. The predicted octanol–water partition coefficient (Wildman–Crippen LogP) is 3.12. The quantitative estimate of drug-likeness (QED) is 0.655. The molecular weight excluding hydrogens is 366 g/mol. The van der Waals surface area contributed by atoms with Crippen LogP contribution in [0.3, 0.4) is 0 Å². The van der Waals surface area contributed by atoms with Crippen LogP contribution in [0.25, 0.3) is 22.5 Å². The normalized spacial score (nSPS) is 15.1. The lowest BCUT2D eigenvalue weighted by Gasteiger charge is -2.18. The monoisotopic (exact) mass is 375 g/mol. The molecule has 0 unspecified atom stereocenters. The fourth-order valence-electron chi connectivity index (χ4n) is 2.64. The highest BCUT2D eigenvalue weighted by atomic mass is 79.9. The summed E-state index contributed by atoms with van der Waals surface area (Å²) in [5, 5.41) is 8.22. The van der Waals surface area contributed by atoms with Crippen molar-refractivity contribution in [3.05, 3.63) is 53.0 Å². The van der Waals surface area contributed by atoms with E-state index in [1.807, 2.05) is 30.3 Å². The van der Waals surface area contributed by atoms with Crippen LogP contribution in [0.5, 0.6) is 0 Å². The Morgan fingerprint density at radius 1 is 1.05 bits per heavy atom. The molecule has 2 heterocycles. The molecule has 0 N–H and O–H groups in total. The van der Waals surface area contributed by atoms with E-state index in [9.17, 15) is 8.42 Å². The Hall–Kier alpha value is -1.99. The molecule has 110 valence electrons. The smallest absolute Gasteiger partial charge is 0.199 e. The third-order valence-corrected chi connectivity index (χ3v) is 5.76. The highest BCUT2D eigenvalue weighted by Crippen LogP contribution is 2.38. The number of nitrogens with zero attached hydrogens (tertiary/aromatic N) is 3. The summed E-state index contributed by atoms with van der Waals surface area (Å²) in [6.07, 6.45) is 0. The van der Waals surface area contributed by atoms with E-state index >= 15 is 0 Å². The van der Waals surface area contributed by atoms with Crippen LogP contribution in [0.15, 0.2) is 57.9 Å². The highest BCUT2D eigenvalue weighted by Gasteiger charge is 2.31. The van der Waals surface area contributed by atoms with Gasteiger partial charge in [0, 0.05) is 15.6 Å². The van der Waals surface area contributed by atoms with E-state index in [1.165, 1.54) is 4.68 Å². The summed E-state index contributed by atoms with van der Waals surface area (Å²) in [7, 11) is -3.38. The molecule has 0 radical (unpaired) electrons. The molecule has 1 aromatic heterocycles. The topological polar surface area (TPSA) is 64.8 Å². The van der Waals surface area contributed by atoms with E-state index in [-0.39, 0.29) is 5.88 Å². The lowest BCUT2D eigenvalue weighted by atomic mass is 10.0. The Morgan fingerprint density at radius 3 is 2.55 bits per heavy atom. The Kier molecular flexibility index (Phi) is 2.95. The van der Waals surface area contributed by atoms with E-state index in [0.29, 0.717) is 16.2 Å². The minimum Gasteiger partial charge on any atom is -0.228 e. The van der Waals surface area contributed by atoms with Crippen molar-refractivity contribution >= 4 is 25.8 Å². The van der Waals surface area contributed by atoms with Crippen molar-refractivity contribution in [2.24, 2.45) is 0 Å². The molecule has 0 aliphatic carbocycles. The summed E-state index contributed by atoms with van der Waals surface area (Å²) in [5.41, 5.74) is 2.98. The van der Waals surface area contributed by atoms with Crippen molar-refractivity contribution in [1.29, 1.82) is 0 Å². The standard InChI is InChI=1S/C15H10BrN3O2S/c16-11-7-5-10(6-8-11)14-15-12-3-1-2-4-13(12)22(20,21)9-19(15)18-17-14/h1-8H,9H2. The fourth-order valence-corrected chi connectivity index (χ4v) is 4.33. The van der Waals surface area contributed by atoms with Crippen LogP contribution >= 0.6 is 15.9 Å². The summed E-state index contributed by atoms with van der Waals surface area (Å²) < 4.78 is 27.1. The van der Waals surface area contributed by atoms with Crippen molar-refractivity contribution in [3.8, 4) is 22.5 Å². The molecule has 1 aliphatic heterocycles. The van der Waals surface area contributed by atoms with Crippen LogP contribution in [-0.4, -0.2) is 23.4 Å². The van der Waals surface area contributed by atoms with Gasteiger partial charge < -0.3 is 0 Å². The molecule has 2 aromatic carbocycles. The maximum Gasteiger partial charge on any atom is 0.199 e. The Morgan fingerprint density at radius 2 is 1.77 bits per heavy atom. The van der Waals surface area contributed by atoms with Crippen LogP contribution in [-0.2, 0) is 15.7 Å². The van der Waals surface area contributed by atoms with Gasteiger partial charge in [0.2, 0.25) is 0 Å². The lowest BCUT2D eigenvalue weighted by Crippen LogP contribution is -2.19. The van der Waals surface area contributed by atoms with E-state index in [1.54, 1.807) is 18.2 Å². The maximum absolute atomic E-state index is 12.3. The van der Waals surface area contributed by atoms with Gasteiger partial charge in [0.25, 0.3) is 0 Å². The van der Waals surface area contributed by atoms with Crippen molar-refractivity contribution < 1.29 is 8.42 Å². The molecule has 22 heavy (non-hydrogen) atoms.